The van der Waals surface area contributed by atoms with Gasteiger partial charge in [-0.05, 0) is 43.2 Å². The standard InChI is InChI=1S/C19H16N6O2S/c1-20-12-3-8-16-18(9-12)25(14-5-6-14)19(22-16)24-11-21-15-7-4-13(10-17(15)24)23-28(2,26)27/h3-4,7-11,14,23H,5-6H2,2H3. The summed E-state index contributed by atoms with van der Waals surface area (Å²) in [5, 5.41) is 0. The normalized spacial score (nSPS) is 14.4. The monoisotopic (exact) mass is 392 g/mol. The summed E-state index contributed by atoms with van der Waals surface area (Å²) in [7, 11) is -3.37. The van der Waals surface area contributed by atoms with Crippen LogP contribution in [0.2, 0.25) is 0 Å². The molecule has 1 aliphatic carbocycles. The second kappa shape index (κ2) is 5.81. The molecule has 4 aromatic rings. The highest BCUT2D eigenvalue weighted by molar-refractivity contribution is 7.92. The van der Waals surface area contributed by atoms with Crippen molar-refractivity contribution in [2.45, 2.75) is 18.9 Å². The number of rotatable bonds is 4. The van der Waals surface area contributed by atoms with E-state index in [1.165, 1.54) is 0 Å². The van der Waals surface area contributed by atoms with E-state index < -0.39 is 10.0 Å². The summed E-state index contributed by atoms with van der Waals surface area (Å²) in [5.74, 6) is 0.721. The molecule has 0 unspecified atom stereocenters. The highest BCUT2D eigenvalue weighted by atomic mass is 32.2. The molecule has 9 heteroatoms. The molecule has 1 aliphatic rings. The zero-order valence-corrected chi connectivity index (χ0v) is 15.8. The van der Waals surface area contributed by atoms with Crippen LogP contribution in [0.25, 0.3) is 32.9 Å². The molecule has 0 bridgehead atoms. The molecule has 0 amide bonds. The minimum atomic E-state index is -3.37. The van der Waals surface area contributed by atoms with E-state index in [9.17, 15) is 8.42 Å². The zero-order chi connectivity index (χ0) is 19.5. The number of nitrogens with zero attached hydrogens (tertiary/aromatic N) is 5. The molecule has 5 rings (SSSR count). The maximum Gasteiger partial charge on any atom is 0.229 e. The maximum absolute atomic E-state index is 11.6. The first-order valence-electron chi connectivity index (χ1n) is 8.78. The number of fused-ring (bicyclic) bond motifs is 2. The van der Waals surface area contributed by atoms with Gasteiger partial charge < -0.3 is 4.57 Å². The van der Waals surface area contributed by atoms with Gasteiger partial charge in [-0.3, -0.25) is 9.29 Å². The largest absolute Gasteiger partial charge is 0.308 e. The van der Waals surface area contributed by atoms with Crippen LogP contribution in [0.15, 0.2) is 42.7 Å². The van der Waals surface area contributed by atoms with E-state index >= 15 is 0 Å². The van der Waals surface area contributed by atoms with Gasteiger partial charge in [0.05, 0.1) is 40.6 Å². The minimum absolute atomic E-state index is 0.343. The number of benzene rings is 2. The second-order valence-corrected chi connectivity index (χ2v) is 8.74. The quantitative estimate of drug-likeness (QED) is 0.537. The third-order valence-corrected chi connectivity index (χ3v) is 5.37. The molecule has 0 spiro atoms. The predicted octanol–water partition coefficient (Wildman–Crippen LogP) is 3.63. The van der Waals surface area contributed by atoms with Crippen LogP contribution in [-0.4, -0.2) is 33.8 Å². The van der Waals surface area contributed by atoms with Crippen LogP contribution in [-0.2, 0) is 10.0 Å². The Morgan fingerprint density at radius 1 is 1.14 bits per heavy atom. The van der Waals surface area contributed by atoms with Crippen molar-refractivity contribution in [3.8, 4) is 5.95 Å². The second-order valence-electron chi connectivity index (χ2n) is 6.99. The SMILES string of the molecule is [C-]#[N+]c1ccc2nc(-n3cnc4ccc(NS(C)(=O)=O)cc43)n(C3CC3)c2c1. The summed E-state index contributed by atoms with van der Waals surface area (Å²) < 4.78 is 29.7. The number of nitrogens with one attached hydrogen (secondary N) is 1. The summed E-state index contributed by atoms with van der Waals surface area (Å²) in [4.78, 5) is 12.8. The molecule has 1 saturated carbocycles. The van der Waals surface area contributed by atoms with Gasteiger partial charge in [-0.1, -0.05) is 6.07 Å². The fourth-order valence-electron chi connectivity index (χ4n) is 3.45. The molecule has 2 aromatic heterocycles. The Kier molecular flexibility index (Phi) is 3.48. The molecular formula is C19H16N6O2S. The number of anilines is 1. The summed E-state index contributed by atoms with van der Waals surface area (Å²) in [6.07, 6.45) is 4.95. The van der Waals surface area contributed by atoms with Crippen molar-refractivity contribution in [3.63, 3.8) is 0 Å². The summed E-state index contributed by atoms with van der Waals surface area (Å²) in [6.45, 7) is 7.29. The number of aromatic nitrogens is 4. The molecule has 2 heterocycles. The summed E-state index contributed by atoms with van der Waals surface area (Å²) >= 11 is 0. The van der Waals surface area contributed by atoms with Gasteiger partial charge in [-0.15, -0.1) is 0 Å². The van der Waals surface area contributed by atoms with Crippen molar-refractivity contribution in [3.05, 3.63) is 54.1 Å². The molecule has 28 heavy (non-hydrogen) atoms. The van der Waals surface area contributed by atoms with E-state index in [-0.39, 0.29) is 0 Å². The van der Waals surface area contributed by atoms with Gasteiger partial charge in [0.1, 0.15) is 6.33 Å². The molecule has 2 aromatic carbocycles. The smallest absolute Gasteiger partial charge is 0.229 e. The Bertz CT molecular complexity index is 1390. The zero-order valence-electron chi connectivity index (χ0n) is 15.0. The van der Waals surface area contributed by atoms with E-state index in [1.807, 2.05) is 16.7 Å². The lowest BCUT2D eigenvalue weighted by atomic mass is 10.3. The third kappa shape index (κ3) is 2.78. The molecule has 140 valence electrons. The van der Waals surface area contributed by atoms with Crippen LogP contribution in [0.1, 0.15) is 18.9 Å². The molecular weight excluding hydrogens is 376 g/mol. The summed E-state index contributed by atoms with van der Waals surface area (Å²) in [5.41, 5.74) is 4.31. The van der Waals surface area contributed by atoms with E-state index in [4.69, 9.17) is 11.6 Å². The molecule has 1 fully saturated rings. The fraction of sp³-hybridized carbons (Fsp3) is 0.211. The Morgan fingerprint density at radius 3 is 2.64 bits per heavy atom. The highest BCUT2D eigenvalue weighted by Gasteiger charge is 2.29. The number of hydrogen-bond acceptors (Lipinski definition) is 4. The lowest BCUT2D eigenvalue weighted by molar-refractivity contribution is 0.607. The first kappa shape index (κ1) is 16.8. The Balaban J connectivity index is 1.74. The molecule has 0 aliphatic heterocycles. The Morgan fingerprint density at radius 2 is 1.93 bits per heavy atom. The van der Waals surface area contributed by atoms with Gasteiger partial charge in [-0.2, -0.15) is 0 Å². The van der Waals surface area contributed by atoms with Crippen LogP contribution in [0.4, 0.5) is 11.4 Å². The number of imidazole rings is 2. The van der Waals surface area contributed by atoms with Crippen LogP contribution < -0.4 is 4.72 Å². The van der Waals surface area contributed by atoms with Crippen LogP contribution in [0.5, 0.6) is 0 Å². The first-order chi connectivity index (χ1) is 13.4. The van der Waals surface area contributed by atoms with Gasteiger partial charge in [0.25, 0.3) is 0 Å². The Hall–Kier alpha value is -3.38. The first-order valence-corrected chi connectivity index (χ1v) is 10.7. The molecule has 0 radical (unpaired) electrons. The number of sulfonamides is 1. The van der Waals surface area contributed by atoms with Crippen molar-refractivity contribution in [2.75, 3.05) is 11.0 Å². The van der Waals surface area contributed by atoms with E-state index in [2.05, 4.69) is 19.1 Å². The van der Waals surface area contributed by atoms with Crippen LogP contribution >= 0.6 is 0 Å². The van der Waals surface area contributed by atoms with Gasteiger partial charge in [0, 0.05) is 6.04 Å². The van der Waals surface area contributed by atoms with Gasteiger partial charge in [-0.25, -0.2) is 23.2 Å². The minimum Gasteiger partial charge on any atom is -0.308 e. The van der Waals surface area contributed by atoms with E-state index in [0.29, 0.717) is 17.4 Å². The lowest BCUT2D eigenvalue weighted by Gasteiger charge is -2.10. The van der Waals surface area contributed by atoms with E-state index in [0.717, 1.165) is 47.1 Å². The van der Waals surface area contributed by atoms with Gasteiger partial charge in [0.15, 0.2) is 5.69 Å². The van der Waals surface area contributed by atoms with Crippen molar-refractivity contribution < 1.29 is 8.42 Å². The average Bonchev–Trinajstić information content (AvgIpc) is 3.29. The fourth-order valence-corrected chi connectivity index (χ4v) is 4.00. The van der Waals surface area contributed by atoms with Crippen molar-refractivity contribution in [2.24, 2.45) is 0 Å². The van der Waals surface area contributed by atoms with Crippen LogP contribution in [0.3, 0.4) is 0 Å². The van der Waals surface area contributed by atoms with Crippen molar-refractivity contribution in [1.82, 2.24) is 19.1 Å². The van der Waals surface area contributed by atoms with Crippen LogP contribution in [0, 0.1) is 6.57 Å². The summed E-state index contributed by atoms with van der Waals surface area (Å²) in [6, 6.07) is 11.1. The number of hydrogen-bond donors (Lipinski definition) is 1. The van der Waals surface area contributed by atoms with Gasteiger partial charge in [0.2, 0.25) is 16.0 Å². The third-order valence-electron chi connectivity index (χ3n) is 4.76. The van der Waals surface area contributed by atoms with Crippen molar-refractivity contribution in [1.29, 1.82) is 0 Å². The van der Waals surface area contributed by atoms with Gasteiger partial charge >= 0.3 is 0 Å². The topological polar surface area (TPSA) is 86.2 Å². The van der Waals surface area contributed by atoms with Crippen molar-refractivity contribution >= 4 is 43.5 Å². The lowest BCUT2D eigenvalue weighted by Crippen LogP contribution is -2.09. The molecule has 1 N–H and O–H groups in total. The molecule has 8 nitrogen and oxygen atoms in total. The molecule has 0 saturated heterocycles. The Labute approximate surface area is 161 Å². The predicted molar refractivity (Wildman–Crippen MR) is 107 cm³/mol. The molecule has 0 atom stereocenters. The van der Waals surface area contributed by atoms with E-state index in [1.54, 1.807) is 30.6 Å². The maximum atomic E-state index is 11.6. The average molecular weight is 392 g/mol. The highest BCUT2D eigenvalue weighted by Crippen LogP contribution is 2.40.